The summed E-state index contributed by atoms with van der Waals surface area (Å²) < 4.78 is 33.7. The minimum Gasteiger partial charge on any atom is -0.502 e. The lowest BCUT2D eigenvalue weighted by molar-refractivity contribution is -0.141. The number of morpholine rings is 1. The summed E-state index contributed by atoms with van der Waals surface area (Å²) in [5, 5.41) is 10.6. The van der Waals surface area contributed by atoms with E-state index in [-0.39, 0.29) is 42.2 Å². The molecule has 10 nitrogen and oxygen atoms in total. The zero-order chi connectivity index (χ0) is 27.8. The van der Waals surface area contributed by atoms with Gasteiger partial charge in [0.1, 0.15) is 0 Å². The third-order valence-electron chi connectivity index (χ3n) is 8.92. The van der Waals surface area contributed by atoms with E-state index in [0.717, 1.165) is 74.8 Å². The summed E-state index contributed by atoms with van der Waals surface area (Å²) in [6, 6.07) is 7.70. The lowest BCUT2D eigenvalue weighted by Crippen LogP contribution is -2.41. The van der Waals surface area contributed by atoms with Crippen molar-refractivity contribution in [2.24, 2.45) is 11.8 Å². The van der Waals surface area contributed by atoms with Gasteiger partial charge in [0, 0.05) is 38.0 Å². The topological polar surface area (TPSA) is 99.2 Å². The molecule has 0 radical (unpaired) electrons. The van der Waals surface area contributed by atoms with Crippen molar-refractivity contribution in [2.75, 3.05) is 80.6 Å². The van der Waals surface area contributed by atoms with Crippen molar-refractivity contribution in [2.45, 2.75) is 18.3 Å². The molecule has 2 aromatic rings. The lowest BCUT2D eigenvalue weighted by Gasteiger charge is -2.40. The van der Waals surface area contributed by atoms with Gasteiger partial charge in [0.2, 0.25) is 12.5 Å². The summed E-state index contributed by atoms with van der Waals surface area (Å²) in [4.78, 5) is 18.2. The number of cyclic esters (lactones) is 1. The van der Waals surface area contributed by atoms with Crippen LogP contribution in [0.3, 0.4) is 0 Å². The predicted molar refractivity (Wildman–Crippen MR) is 146 cm³/mol. The molecular formula is C30H38N2O8. The first kappa shape index (κ1) is 27.0. The van der Waals surface area contributed by atoms with Gasteiger partial charge in [-0.05, 0) is 66.9 Å². The Morgan fingerprint density at radius 1 is 0.975 bits per heavy atom. The number of ether oxygens (including phenoxy) is 6. The van der Waals surface area contributed by atoms with Crippen molar-refractivity contribution in [3.05, 3.63) is 41.0 Å². The molecular weight excluding hydrogens is 516 g/mol. The number of phenolic OH excluding ortho intramolecular Hbond substituents is 1. The van der Waals surface area contributed by atoms with E-state index in [4.69, 9.17) is 28.4 Å². The first-order chi connectivity index (χ1) is 19.5. The van der Waals surface area contributed by atoms with E-state index in [1.54, 1.807) is 12.1 Å². The molecule has 2 saturated heterocycles. The van der Waals surface area contributed by atoms with Gasteiger partial charge in [-0.15, -0.1) is 0 Å². The van der Waals surface area contributed by atoms with Crippen LogP contribution in [-0.2, 0) is 14.3 Å². The van der Waals surface area contributed by atoms with Crippen molar-refractivity contribution in [3.8, 4) is 28.7 Å². The van der Waals surface area contributed by atoms with Crippen LogP contribution in [-0.4, -0.2) is 101 Å². The number of rotatable bonds is 9. The van der Waals surface area contributed by atoms with Crippen molar-refractivity contribution in [1.82, 2.24) is 9.80 Å². The van der Waals surface area contributed by atoms with Gasteiger partial charge in [0.05, 0.1) is 40.0 Å². The zero-order valence-electron chi connectivity index (χ0n) is 23.4. The van der Waals surface area contributed by atoms with E-state index in [2.05, 4.69) is 22.9 Å². The van der Waals surface area contributed by atoms with Gasteiger partial charge in [-0.2, -0.15) is 0 Å². The number of methoxy groups -OCH3 is 2. The van der Waals surface area contributed by atoms with Crippen LogP contribution in [0.2, 0.25) is 0 Å². The van der Waals surface area contributed by atoms with E-state index in [0.29, 0.717) is 23.9 Å². The second-order valence-electron chi connectivity index (χ2n) is 11.1. The van der Waals surface area contributed by atoms with Crippen LogP contribution in [0.15, 0.2) is 24.3 Å². The number of carbonyl (C=O) groups excluding carboxylic acids is 1. The van der Waals surface area contributed by atoms with Crippen LogP contribution in [0.1, 0.15) is 34.9 Å². The number of nitrogens with zero attached hydrogens (tertiary/aromatic N) is 2. The van der Waals surface area contributed by atoms with Crippen LogP contribution in [0.5, 0.6) is 28.7 Å². The molecule has 6 rings (SSSR count). The Bertz CT molecular complexity index is 1220. The number of likely N-dealkylation sites (N-methyl/N-ethyl adjacent to an activating group) is 1. The number of fused-ring (bicyclic) bond motifs is 3. The molecule has 3 aliphatic heterocycles. The fourth-order valence-corrected chi connectivity index (χ4v) is 6.75. The summed E-state index contributed by atoms with van der Waals surface area (Å²) >= 11 is 0. The molecule has 0 saturated carbocycles. The summed E-state index contributed by atoms with van der Waals surface area (Å²) in [5.74, 6) is 1.15. The zero-order valence-corrected chi connectivity index (χ0v) is 23.4. The van der Waals surface area contributed by atoms with Crippen LogP contribution < -0.4 is 18.9 Å². The van der Waals surface area contributed by atoms with E-state index in [1.807, 2.05) is 6.07 Å². The van der Waals surface area contributed by atoms with Crippen molar-refractivity contribution >= 4 is 5.97 Å². The van der Waals surface area contributed by atoms with Gasteiger partial charge in [-0.1, -0.05) is 0 Å². The molecule has 2 aromatic carbocycles. The Morgan fingerprint density at radius 2 is 1.65 bits per heavy atom. The second-order valence-corrected chi connectivity index (χ2v) is 11.1. The Labute approximate surface area is 234 Å². The van der Waals surface area contributed by atoms with Crippen LogP contribution >= 0.6 is 0 Å². The minimum absolute atomic E-state index is 0.00353. The third kappa shape index (κ3) is 4.93. The summed E-state index contributed by atoms with van der Waals surface area (Å²) in [5.41, 5.74) is 2.99. The van der Waals surface area contributed by atoms with Crippen LogP contribution in [0.4, 0.5) is 0 Å². The highest BCUT2D eigenvalue weighted by Gasteiger charge is 2.52. The lowest BCUT2D eigenvalue weighted by atomic mass is 9.62. The fraction of sp³-hybridized carbons (Fsp3) is 0.567. The Kier molecular flexibility index (Phi) is 7.65. The number of hydrogen-bond acceptors (Lipinski definition) is 10. The molecule has 3 heterocycles. The third-order valence-corrected chi connectivity index (χ3v) is 8.92. The molecule has 0 spiro atoms. The summed E-state index contributed by atoms with van der Waals surface area (Å²) in [7, 11) is 5.17. The number of hydrogen-bond donors (Lipinski definition) is 1. The number of esters is 1. The number of benzene rings is 2. The smallest absolute Gasteiger partial charge is 0.310 e. The van der Waals surface area contributed by atoms with E-state index < -0.39 is 0 Å². The predicted octanol–water partition coefficient (Wildman–Crippen LogP) is 2.81. The molecule has 216 valence electrons. The first-order valence-electron chi connectivity index (χ1n) is 14.0. The van der Waals surface area contributed by atoms with Crippen LogP contribution in [0, 0.1) is 11.8 Å². The Balaban J connectivity index is 1.34. The molecule has 0 bridgehead atoms. The number of aromatic hydroxyl groups is 1. The maximum absolute atomic E-state index is 13.4. The van der Waals surface area contributed by atoms with Gasteiger partial charge < -0.3 is 38.4 Å². The largest absolute Gasteiger partial charge is 0.502 e. The van der Waals surface area contributed by atoms with Gasteiger partial charge in [0.25, 0.3) is 0 Å². The van der Waals surface area contributed by atoms with Gasteiger partial charge >= 0.3 is 5.97 Å². The molecule has 1 N–H and O–H groups in total. The maximum atomic E-state index is 13.4. The molecule has 4 aliphatic rings. The number of phenols is 1. The Morgan fingerprint density at radius 3 is 2.33 bits per heavy atom. The quantitative estimate of drug-likeness (QED) is 0.466. The fourth-order valence-electron chi connectivity index (χ4n) is 6.75. The molecule has 1 unspecified atom stereocenters. The van der Waals surface area contributed by atoms with Gasteiger partial charge in [0.15, 0.2) is 23.0 Å². The monoisotopic (exact) mass is 554 g/mol. The summed E-state index contributed by atoms with van der Waals surface area (Å²) in [6.07, 6.45) is 0.888. The minimum atomic E-state index is -0.379. The average molecular weight is 555 g/mol. The van der Waals surface area contributed by atoms with Gasteiger partial charge in [-0.3, -0.25) is 9.69 Å². The van der Waals surface area contributed by atoms with Gasteiger partial charge in [-0.25, -0.2) is 0 Å². The normalized spacial score (nSPS) is 25.4. The maximum Gasteiger partial charge on any atom is 0.310 e. The van der Waals surface area contributed by atoms with Crippen LogP contribution in [0.25, 0.3) is 0 Å². The SMILES string of the molecule is COc1cc([C@@H]2c3cc4c(cc3[C@@H](CCN(C)CCN3CCOCC3)C3COC(=O)[C@@H]32)OCO4)cc(OC)c1O. The molecule has 0 aromatic heterocycles. The average Bonchev–Trinajstić information content (AvgIpc) is 3.60. The highest BCUT2D eigenvalue weighted by Crippen LogP contribution is 2.56. The van der Waals surface area contributed by atoms with Crippen molar-refractivity contribution < 1.29 is 38.3 Å². The van der Waals surface area contributed by atoms with E-state index in [9.17, 15) is 9.90 Å². The standard InChI is InChI=1S/C30H38N2O8/c1-31(6-7-32-8-10-37-11-9-32)5-4-19-20-14-23-24(40-17-39-23)15-21(20)27(28-22(19)16-38-30(28)34)18-12-25(35-2)29(33)26(13-18)36-3/h12-15,19,22,27-28,33H,4-11,16-17H2,1-3H3/t19-,22?,27-,28+/m1/s1. The first-order valence-corrected chi connectivity index (χ1v) is 14.0. The molecule has 40 heavy (non-hydrogen) atoms. The molecule has 4 atom stereocenters. The molecule has 2 fully saturated rings. The highest BCUT2D eigenvalue weighted by molar-refractivity contribution is 5.79. The van der Waals surface area contributed by atoms with Crippen molar-refractivity contribution in [1.29, 1.82) is 0 Å². The van der Waals surface area contributed by atoms with Crippen molar-refractivity contribution in [3.63, 3.8) is 0 Å². The second kappa shape index (κ2) is 11.3. The Hall–Kier alpha value is -3.21. The highest BCUT2D eigenvalue weighted by atomic mass is 16.7. The van der Waals surface area contributed by atoms with E-state index in [1.165, 1.54) is 14.2 Å². The summed E-state index contributed by atoms with van der Waals surface area (Å²) in [6.45, 7) is 7.00. The molecule has 10 heteroatoms. The number of carbonyl (C=O) groups is 1. The molecule has 0 amide bonds. The molecule has 1 aliphatic carbocycles. The van der Waals surface area contributed by atoms with E-state index >= 15 is 0 Å².